The van der Waals surface area contributed by atoms with E-state index >= 15 is 0 Å². The highest BCUT2D eigenvalue weighted by atomic mass is 31.2. The molecule has 0 amide bonds. The molecule has 3 unspecified atom stereocenters. The number of carbonyl (C=O) groups is 1. The standard InChI is InChI=1S/C44H79O9P/c1-3-5-7-9-11-13-15-17-19-20-21-22-23-24-26-28-30-32-34-36-44(47)53-43(41-52-54(48,49)51-39-42(46)38-45)40-50-37-35-33-31-29-27-25-18-16-14-12-10-8-6-4-2/h8,10-11,13-14,16-17,19,21-22,42-43,45-46H,3-7,9,12,15,18,20,23-41H2,1-2H3,(H,48,49)/b10-8-,13-11-,16-14-,19-17-,22-21-. The molecule has 0 rings (SSSR count). The molecular weight excluding hydrogens is 703 g/mol. The lowest BCUT2D eigenvalue weighted by Gasteiger charge is -2.20. The molecule has 0 fully saturated rings. The maximum absolute atomic E-state index is 12.6. The molecule has 0 radical (unpaired) electrons. The summed E-state index contributed by atoms with van der Waals surface area (Å²) in [5, 5.41) is 18.3. The quantitative estimate of drug-likeness (QED) is 0.0240. The highest BCUT2D eigenvalue weighted by molar-refractivity contribution is 7.47. The largest absolute Gasteiger partial charge is 0.472 e. The fraction of sp³-hybridized carbons (Fsp3) is 0.750. The maximum Gasteiger partial charge on any atom is 0.472 e. The molecule has 0 aromatic carbocycles. The number of aliphatic hydroxyl groups excluding tert-OH is 2. The smallest absolute Gasteiger partial charge is 0.457 e. The van der Waals surface area contributed by atoms with E-state index in [4.69, 9.17) is 23.6 Å². The lowest BCUT2D eigenvalue weighted by Crippen LogP contribution is -2.29. The fourth-order valence-corrected chi connectivity index (χ4v) is 6.19. The van der Waals surface area contributed by atoms with Crippen LogP contribution in [0.1, 0.15) is 168 Å². The van der Waals surface area contributed by atoms with Gasteiger partial charge in [-0.2, -0.15) is 0 Å². The van der Waals surface area contributed by atoms with Crippen LogP contribution in [0.25, 0.3) is 0 Å². The summed E-state index contributed by atoms with van der Waals surface area (Å²) in [5.41, 5.74) is 0. The third-order valence-corrected chi connectivity index (χ3v) is 9.61. The van der Waals surface area contributed by atoms with Crippen molar-refractivity contribution >= 4 is 13.8 Å². The minimum atomic E-state index is -4.53. The molecular formula is C44H79O9P. The summed E-state index contributed by atoms with van der Waals surface area (Å²) in [7, 11) is -4.53. The number of esters is 1. The molecule has 0 spiro atoms. The van der Waals surface area contributed by atoms with E-state index in [1.807, 2.05) is 0 Å². The van der Waals surface area contributed by atoms with Crippen LogP contribution in [0.5, 0.6) is 0 Å². The van der Waals surface area contributed by atoms with Crippen molar-refractivity contribution in [3.05, 3.63) is 60.8 Å². The molecule has 3 atom stereocenters. The van der Waals surface area contributed by atoms with Gasteiger partial charge in [-0.1, -0.05) is 145 Å². The normalized spacial score (nSPS) is 14.7. The zero-order valence-corrected chi connectivity index (χ0v) is 35.1. The molecule has 0 aromatic rings. The first-order valence-electron chi connectivity index (χ1n) is 21.3. The van der Waals surface area contributed by atoms with Gasteiger partial charge in [0, 0.05) is 13.0 Å². The Labute approximate surface area is 330 Å². The minimum Gasteiger partial charge on any atom is -0.457 e. The van der Waals surface area contributed by atoms with Crippen LogP contribution in [-0.2, 0) is 27.9 Å². The number of aliphatic hydroxyl groups is 2. The van der Waals surface area contributed by atoms with Gasteiger partial charge >= 0.3 is 13.8 Å². The molecule has 0 saturated carbocycles. The Kier molecular flexibility index (Phi) is 39.4. The van der Waals surface area contributed by atoms with Crippen molar-refractivity contribution in [2.45, 2.75) is 180 Å². The Morgan fingerprint density at radius 2 is 1.04 bits per heavy atom. The molecule has 0 aliphatic carbocycles. The minimum absolute atomic E-state index is 0.0340. The zero-order chi connectivity index (χ0) is 39.6. The number of phosphoric acid groups is 1. The second-order valence-corrected chi connectivity index (χ2v) is 15.5. The molecule has 0 aliphatic rings. The molecule has 0 saturated heterocycles. The van der Waals surface area contributed by atoms with Gasteiger partial charge in [-0.3, -0.25) is 13.8 Å². The Bertz CT molecular complexity index is 1020. The lowest BCUT2D eigenvalue weighted by molar-refractivity contribution is -0.154. The van der Waals surface area contributed by atoms with Crippen molar-refractivity contribution in [1.82, 2.24) is 0 Å². The van der Waals surface area contributed by atoms with Crippen LogP contribution in [0.2, 0.25) is 0 Å². The molecule has 10 heteroatoms. The summed E-state index contributed by atoms with van der Waals surface area (Å²) in [6.07, 6.45) is 46.0. The van der Waals surface area contributed by atoms with Crippen LogP contribution in [-0.4, -0.2) is 66.3 Å². The van der Waals surface area contributed by atoms with Crippen molar-refractivity contribution < 1.29 is 43.0 Å². The Morgan fingerprint density at radius 3 is 1.57 bits per heavy atom. The summed E-state index contributed by atoms with van der Waals surface area (Å²) >= 11 is 0. The summed E-state index contributed by atoms with van der Waals surface area (Å²) in [6, 6.07) is 0. The van der Waals surface area contributed by atoms with E-state index in [9.17, 15) is 19.4 Å². The Balaban J connectivity index is 4.23. The summed E-state index contributed by atoms with van der Waals surface area (Å²) in [6.45, 7) is 3.37. The topological polar surface area (TPSA) is 132 Å². The Hall–Kier alpha value is -1.84. The van der Waals surface area contributed by atoms with E-state index in [0.717, 1.165) is 89.9 Å². The van der Waals surface area contributed by atoms with Gasteiger partial charge in [-0.05, 0) is 77.0 Å². The number of hydrogen-bond acceptors (Lipinski definition) is 8. The van der Waals surface area contributed by atoms with Gasteiger partial charge in [-0.15, -0.1) is 0 Å². The van der Waals surface area contributed by atoms with Crippen molar-refractivity contribution in [2.24, 2.45) is 0 Å². The van der Waals surface area contributed by atoms with Crippen molar-refractivity contribution in [1.29, 1.82) is 0 Å². The zero-order valence-electron chi connectivity index (χ0n) is 34.2. The van der Waals surface area contributed by atoms with Gasteiger partial charge in [0.25, 0.3) is 0 Å². The van der Waals surface area contributed by atoms with Crippen molar-refractivity contribution in [3.8, 4) is 0 Å². The van der Waals surface area contributed by atoms with Gasteiger partial charge in [-0.25, -0.2) is 4.57 Å². The second-order valence-electron chi connectivity index (χ2n) is 14.0. The van der Waals surface area contributed by atoms with Gasteiger partial charge in [0.15, 0.2) is 0 Å². The highest BCUT2D eigenvalue weighted by Gasteiger charge is 2.26. The lowest BCUT2D eigenvalue weighted by atomic mass is 10.1. The molecule has 3 N–H and O–H groups in total. The number of unbranched alkanes of at least 4 members (excludes halogenated alkanes) is 16. The molecule has 314 valence electrons. The van der Waals surface area contributed by atoms with Gasteiger partial charge in [0.05, 0.1) is 26.4 Å². The summed E-state index contributed by atoms with van der Waals surface area (Å²) in [5.74, 6) is -0.401. The Morgan fingerprint density at radius 1 is 0.574 bits per heavy atom. The second kappa shape index (κ2) is 40.8. The predicted molar refractivity (Wildman–Crippen MR) is 223 cm³/mol. The van der Waals surface area contributed by atoms with E-state index in [0.29, 0.717) is 13.0 Å². The van der Waals surface area contributed by atoms with Crippen LogP contribution >= 0.6 is 7.82 Å². The number of carbonyl (C=O) groups excluding carboxylic acids is 1. The molecule has 0 heterocycles. The average Bonchev–Trinajstić information content (AvgIpc) is 3.16. The monoisotopic (exact) mass is 783 g/mol. The van der Waals surface area contributed by atoms with E-state index in [1.54, 1.807) is 0 Å². The highest BCUT2D eigenvalue weighted by Crippen LogP contribution is 2.43. The third-order valence-electron chi connectivity index (χ3n) is 8.66. The van der Waals surface area contributed by atoms with E-state index in [-0.39, 0.29) is 19.6 Å². The van der Waals surface area contributed by atoms with Crippen molar-refractivity contribution in [3.63, 3.8) is 0 Å². The number of phosphoric ester groups is 1. The SMILES string of the molecule is CCC/C=C\C/C=C\CCCCCCCCOCC(COP(=O)(O)OCC(O)CO)OC(=O)CCCCCCCC/C=C\C/C=C\C/C=C\CCCCC. The van der Waals surface area contributed by atoms with Gasteiger partial charge in [0.1, 0.15) is 12.2 Å². The molecule has 0 bridgehead atoms. The van der Waals surface area contributed by atoms with Crippen LogP contribution in [0.3, 0.4) is 0 Å². The number of ether oxygens (including phenoxy) is 2. The molecule has 0 aliphatic heterocycles. The first-order chi connectivity index (χ1) is 26.3. The van der Waals surface area contributed by atoms with E-state index in [2.05, 4.69) is 74.6 Å². The van der Waals surface area contributed by atoms with E-state index in [1.165, 1.54) is 51.4 Å². The van der Waals surface area contributed by atoms with Crippen molar-refractivity contribution in [2.75, 3.05) is 33.0 Å². The maximum atomic E-state index is 12.6. The third kappa shape index (κ3) is 39.8. The predicted octanol–water partition coefficient (Wildman–Crippen LogP) is 11.6. The van der Waals surface area contributed by atoms with E-state index < -0.39 is 39.2 Å². The molecule has 54 heavy (non-hydrogen) atoms. The first kappa shape index (κ1) is 52.2. The van der Waals surface area contributed by atoms with Crippen LogP contribution in [0, 0.1) is 0 Å². The van der Waals surface area contributed by atoms with Crippen LogP contribution in [0.4, 0.5) is 0 Å². The number of rotatable bonds is 40. The number of hydrogen-bond donors (Lipinski definition) is 3. The van der Waals surface area contributed by atoms with Gasteiger partial charge in [0.2, 0.25) is 0 Å². The number of allylic oxidation sites excluding steroid dienone is 10. The fourth-order valence-electron chi connectivity index (χ4n) is 5.40. The van der Waals surface area contributed by atoms with Crippen LogP contribution in [0.15, 0.2) is 60.8 Å². The average molecular weight is 783 g/mol. The van der Waals surface area contributed by atoms with Crippen LogP contribution < -0.4 is 0 Å². The first-order valence-corrected chi connectivity index (χ1v) is 22.8. The molecule has 0 aromatic heterocycles. The summed E-state index contributed by atoms with van der Waals surface area (Å²) < 4.78 is 33.3. The molecule has 9 nitrogen and oxygen atoms in total. The van der Waals surface area contributed by atoms with Gasteiger partial charge < -0.3 is 24.6 Å². The summed E-state index contributed by atoms with van der Waals surface area (Å²) in [4.78, 5) is 22.6.